The quantitative estimate of drug-likeness (QED) is 0.344. The van der Waals surface area contributed by atoms with E-state index in [9.17, 15) is 22.8 Å². The maximum atomic E-state index is 13.0. The number of carbonyl (C=O) groups is 2. The molecule has 4 aromatic rings. The van der Waals surface area contributed by atoms with E-state index in [1.807, 2.05) is 0 Å². The summed E-state index contributed by atoms with van der Waals surface area (Å²) in [5, 5.41) is 3.94. The molecular formula is C23H20F3N5O4. The van der Waals surface area contributed by atoms with Crippen LogP contribution in [0.25, 0.3) is 22.6 Å². The second-order valence-corrected chi connectivity index (χ2v) is 7.84. The Bertz CT molecular complexity index is 1410. The highest BCUT2D eigenvalue weighted by molar-refractivity contribution is 6.03. The van der Waals surface area contributed by atoms with E-state index in [1.165, 1.54) is 13.2 Å². The molecule has 0 fully saturated rings. The number of imidazole rings is 1. The lowest BCUT2D eigenvalue weighted by Crippen LogP contribution is -2.13. The fourth-order valence-electron chi connectivity index (χ4n) is 3.55. The summed E-state index contributed by atoms with van der Waals surface area (Å²) in [4.78, 5) is 40.0. The number of methoxy groups -OCH3 is 1. The van der Waals surface area contributed by atoms with Gasteiger partial charge in [-0.25, -0.2) is 15.0 Å². The van der Waals surface area contributed by atoms with Crippen molar-refractivity contribution in [2.75, 3.05) is 7.11 Å². The maximum Gasteiger partial charge on any atom is 0.416 e. The Hall–Kier alpha value is -4.09. The minimum Gasteiger partial charge on any atom is -0.492 e. The summed E-state index contributed by atoms with van der Waals surface area (Å²) in [5.74, 6) is -0.483. The number of benzene rings is 1. The Morgan fingerprint density at radius 3 is 2.51 bits per heavy atom. The average Bonchev–Trinajstić information content (AvgIpc) is 3.49. The molecule has 9 nitrogen and oxygen atoms in total. The molecule has 0 bridgehead atoms. The molecule has 0 amide bonds. The van der Waals surface area contributed by atoms with Crippen LogP contribution in [0, 0.1) is 0 Å². The Morgan fingerprint density at radius 2 is 1.86 bits per heavy atom. The monoisotopic (exact) mass is 487 g/mol. The number of ketones is 2. The zero-order valence-electron chi connectivity index (χ0n) is 18.9. The molecule has 1 N–H and O–H groups in total. The van der Waals surface area contributed by atoms with Gasteiger partial charge in [-0.1, -0.05) is 19.0 Å². The van der Waals surface area contributed by atoms with E-state index >= 15 is 0 Å². The number of ether oxygens (including phenoxy) is 1. The third kappa shape index (κ3) is 4.77. The molecule has 12 heteroatoms. The van der Waals surface area contributed by atoms with Gasteiger partial charge in [0.05, 0.1) is 23.7 Å². The van der Waals surface area contributed by atoms with Crippen molar-refractivity contribution in [3.63, 3.8) is 0 Å². The van der Waals surface area contributed by atoms with Crippen molar-refractivity contribution in [3.8, 4) is 17.3 Å². The number of Topliss-reactive ketones (excluding diaryl/α,β-unsaturated/α-hetero) is 2. The first kappa shape index (κ1) is 24.0. The lowest BCUT2D eigenvalue weighted by Gasteiger charge is -2.11. The molecule has 0 spiro atoms. The third-order valence-corrected chi connectivity index (χ3v) is 5.41. The molecule has 0 unspecified atom stereocenters. The van der Waals surface area contributed by atoms with Crippen molar-refractivity contribution in [2.24, 2.45) is 0 Å². The Kier molecular flexibility index (Phi) is 6.37. The molecule has 0 aliphatic heterocycles. The van der Waals surface area contributed by atoms with Crippen LogP contribution >= 0.6 is 0 Å². The molecule has 0 saturated heterocycles. The van der Waals surface area contributed by atoms with Gasteiger partial charge in [0, 0.05) is 24.8 Å². The van der Waals surface area contributed by atoms with Crippen molar-refractivity contribution in [3.05, 3.63) is 53.3 Å². The molecule has 0 radical (unpaired) electrons. The summed E-state index contributed by atoms with van der Waals surface area (Å²) < 4.78 is 49.5. The van der Waals surface area contributed by atoms with Gasteiger partial charge in [-0.2, -0.15) is 13.2 Å². The smallest absolute Gasteiger partial charge is 0.416 e. The summed E-state index contributed by atoms with van der Waals surface area (Å²) >= 11 is 0. The molecule has 0 saturated carbocycles. The molecule has 0 aliphatic carbocycles. The number of fused-ring (bicyclic) bond motifs is 1. The molecule has 0 aliphatic rings. The van der Waals surface area contributed by atoms with Crippen molar-refractivity contribution in [2.45, 2.75) is 38.8 Å². The van der Waals surface area contributed by atoms with Gasteiger partial charge in [0.15, 0.2) is 34.5 Å². The predicted molar refractivity (Wildman–Crippen MR) is 117 cm³/mol. The van der Waals surface area contributed by atoms with Crippen LogP contribution in [0.4, 0.5) is 13.2 Å². The first-order valence-electron chi connectivity index (χ1n) is 10.6. The minimum atomic E-state index is -4.47. The standard InChI is InChI=1S/C23H20F3N5O4/c1-4-16(32)19-21(34-3)20(28-10-27-19)17(33)7-11(2)18-9-15(31-35-18)22-29-13-6-5-12(23(24,25)26)8-14(13)30-22/h5-6,8-11H,4,7H2,1-3H3,(H,29,30)/t11-/m0/s1. The highest BCUT2D eigenvalue weighted by Gasteiger charge is 2.31. The minimum absolute atomic E-state index is 0.0105. The Balaban J connectivity index is 1.55. The van der Waals surface area contributed by atoms with Gasteiger partial charge in [-0.05, 0) is 18.2 Å². The lowest BCUT2D eigenvalue weighted by atomic mass is 9.99. The number of carbonyl (C=O) groups excluding carboxylic acids is 2. The summed E-state index contributed by atoms with van der Waals surface area (Å²) in [6.45, 7) is 3.41. The topological polar surface area (TPSA) is 124 Å². The fraction of sp³-hybridized carbons (Fsp3) is 0.304. The lowest BCUT2D eigenvalue weighted by molar-refractivity contribution is -0.137. The van der Waals surface area contributed by atoms with Gasteiger partial charge in [-0.3, -0.25) is 9.59 Å². The predicted octanol–water partition coefficient (Wildman–Crippen LogP) is 5.00. The van der Waals surface area contributed by atoms with Crippen LogP contribution < -0.4 is 4.74 Å². The number of nitrogens with one attached hydrogen (secondary N) is 1. The first-order chi connectivity index (χ1) is 16.6. The molecule has 3 aromatic heterocycles. The van der Waals surface area contributed by atoms with Crippen molar-refractivity contribution < 1.29 is 32.0 Å². The van der Waals surface area contributed by atoms with Gasteiger partial charge >= 0.3 is 6.18 Å². The van der Waals surface area contributed by atoms with Gasteiger partial charge in [0.2, 0.25) is 0 Å². The van der Waals surface area contributed by atoms with Gasteiger partial charge < -0.3 is 14.2 Å². The second kappa shape index (κ2) is 9.28. The molecule has 4 rings (SSSR count). The van der Waals surface area contributed by atoms with E-state index in [1.54, 1.807) is 19.9 Å². The molecular weight excluding hydrogens is 467 g/mol. The van der Waals surface area contributed by atoms with E-state index in [2.05, 4.69) is 25.1 Å². The van der Waals surface area contributed by atoms with Crippen molar-refractivity contribution >= 4 is 22.6 Å². The molecule has 182 valence electrons. The number of aromatic amines is 1. The zero-order chi connectivity index (χ0) is 25.3. The summed E-state index contributed by atoms with van der Waals surface area (Å²) in [7, 11) is 1.33. The summed E-state index contributed by atoms with van der Waals surface area (Å²) in [6.07, 6.45) is -3.17. The second-order valence-electron chi connectivity index (χ2n) is 7.84. The average molecular weight is 487 g/mol. The number of alkyl halides is 3. The fourth-order valence-corrected chi connectivity index (χ4v) is 3.55. The van der Waals surface area contributed by atoms with Crippen LogP contribution in [0.2, 0.25) is 0 Å². The van der Waals surface area contributed by atoms with Crippen LogP contribution in [0.15, 0.2) is 35.1 Å². The van der Waals surface area contributed by atoms with E-state index in [0.29, 0.717) is 11.3 Å². The number of nitrogens with zero attached hydrogens (tertiary/aromatic N) is 4. The maximum absolute atomic E-state index is 13.0. The summed E-state index contributed by atoms with van der Waals surface area (Å²) in [6, 6.07) is 4.76. The highest BCUT2D eigenvalue weighted by Crippen LogP contribution is 2.32. The van der Waals surface area contributed by atoms with Crippen molar-refractivity contribution in [1.82, 2.24) is 25.1 Å². The number of hydrogen-bond donors (Lipinski definition) is 1. The largest absolute Gasteiger partial charge is 0.492 e. The van der Waals surface area contributed by atoms with Crippen LogP contribution in [-0.2, 0) is 6.18 Å². The number of rotatable bonds is 8. The van der Waals surface area contributed by atoms with Gasteiger partial charge in [-0.15, -0.1) is 0 Å². The molecule has 1 atom stereocenters. The van der Waals surface area contributed by atoms with Crippen LogP contribution in [-0.4, -0.2) is 43.8 Å². The number of aromatic nitrogens is 5. The van der Waals surface area contributed by atoms with Crippen LogP contribution in [0.1, 0.15) is 64.9 Å². The number of halogens is 3. The highest BCUT2D eigenvalue weighted by atomic mass is 19.4. The normalized spacial score (nSPS) is 12.6. The van der Waals surface area contributed by atoms with Gasteiger partial charge in [0.1, 0.15) is 17.8 Å². The first-order valence-corrected chi connectivity index (χ1v) is 10.6. The molecule has 3 heterocycles. The Labute approximate surface area is 196 Å². The van der Waals surface area contributed by atoms with Crippen molar-refractivity contribution in [1.29, 1.82) is 0 Å². The molecule has 1 aromatic carbocycles. The van der Waals surface area contributed by atoms with E-state index in [4.69, 9.17) is 9.26 Å². The van der Waals surface area contributed by atoms with Crippen LogP contribution in [0.5, 0.6) is 5.75 Å². The molecule has 35 heavy (non-hydrogen) atoms. The van der Waals surface area contributed by atoms with E-state index in [0.717, 1.165) is 18.5 Å². The van der Waals surface area contributed by atoms with Gasteiger partial charge in [0.25, 0.3) is 0 Å². The number of H-pyrrole nitrogens is 1. The van der Waals surface area contributed by atoms with E-state index < -0.39 is 17.7 Å². The number of hydrogen-bond acceptors (Lipinski definition) is 8. The SMILES string of the molecule is CCC(=O)c1ncnc(C(=O)C[C@H](C)c2cc(-c3nc4ccc(C(F)(F)F)cc4[nH]3)no2)c1OC. The van der Waals surface area contributed by atoms with E-state index in [-0.39, 0.29) is 58.6 Å². The summed E-state index contributed by atoms with van der Waals surface area (Å²) in [5.41, 5.74) is 0.0618. The van der Waals surface area contributed by atoms with Crippen LogP contribution in [0.3, 0.4) is 0 Å². The zero-order valence-corrected chi connectivity index (χ0v) is 18.9. The Morgan fingerprint density at radius 1 is 1.14 bits per heavy atom. The third-order valence-electron chi connectivity index (χ3n) is 5.41.